The molecule has 0 radical (unpaired) electrons. The minimum atomic E-state index is -3.51. The van der Waals surface area contributed by atoms with Gasteiger partial charge in [-0.15, -0.1) is 11.3 Å². The lowest BCUT2D eigenvalue weighted by molar-refractivity contribution is -0.136. The van der Waals surface area contributed by atoms with Gasteiger partial charge in [0, 0.05) is 11.3 Å². The predicted molar refractivity (Wildman–Crippen MR) is 119 cm³/mol. The lowest BCUT2D eigenvalue weighted by Crippen LogP contribution is -2.22. The molecule has 0 amide bonds. The number of carboxylic acid groups (broad SMARTS) is 1. The summed E-state index contributed by atoms with van der Waals surface area (Å²) in [5, 5.41) is 10.6. The standard InChI is InChI=1S/C21H22N2O4S2/c1-13(2)29(26,27)23-18-8-9-28-21(18)16-10-15(12-19(24)25)20(17(22)11-16)14-6-4-3-5-7-14/h3-11,13,23H,12,22H2,1-2H3,(H,24,25). The van der Waals surface area contributed by atoms with Gasteiger partial charge in [0.15, 0.2) is 0 Å². The zero-order chi connectivity index (χ0) is 21.2. The van der Waals surface area contributed by atoms with Crippen LogP contribution in [0.15, 0.2) is 53.9 Å². The lowest BCUT2D eigenvalue weighted by Gasteiger charge is -2.16. The first-order valence-electron chi connectivity index (χ1n) is 8.98. The van der Waals surface area contributed by atoms with Crippen LogP contribution in [0.2, 0.25) is 0 Å². The van der Waals surface area contributed by atoms with E-state index in [1.54, 1.807) is 37.4 Å². The second-order valence-electron chi connectivity index (χ2n) is 6.90. The molecule has 1 heterocycles. The summed E-state index contributed by atoms with van der Waals surface area (Å²) in [5.74, 6) is -0.967. The summed E-state index contributed by atoms with van der Waals surface area (Å²) in [6, 6.07) is 14.6. The number of nitrogens with two attached hydrogens (primary N) is 1. The Morgan fingerprint density at radius 3 is 2.45 bits per heavy atom. The van der Waals surface area contributed by atoms with Crippen LogP contribution in [0, 0.1) is 0 Å². The predicted octanol–water partition coefficient (Wildman–Crippen LogP) is 4.44. The number of carboxylic acids is 1. The Morgan fingerprint density at radius 2 is 1.83 bits per heavy atom. The van der Waals surface area contributed by atoms with E-state index in [0.29, 0.717) is 32.9 Å². The average molecular weight is 431 g/mol. The lowest BCUT2D eigenvalue weighted by atomic mass is 9.93. The van der Waals surface area contributed by atoms with Crippen LogP contribution < -0.4 is 10.5 Å². The van der Waals surface area contributed by atoms with Crippen molar-refractivity contribution in [3.05, 3.63) is 59.5 Å². The van der Waals surface area contributed by atoms with Crippen molar-refractivity contribution in [1.82, 2.24) is 0 Å². The summed E-state index contributed by atoms with van der Waals surface area (Å²) in [7, 11) is -3.51. The molecule has 8 heteroatoms. The van der Waals surface area contributed by atoms with Crippen LogP contribution in [0.4, 0.5) is 11.4 Å². The van der Waals surface area contributed by atoms with Gasteiger partial charge < -0.3 is 10.8 Å². The number of hydrogen-bond acceptors (Lipinski definition) is 5. The van der Waals surface area contributed by atoms with Crippen LogP contribution in [-0.4, -0.2) is 24.7 Å². The van der Waals surface area contributed by atoms with Gasteiger partial charge in [-0.05, 0) is 54.1 Å². The molecule has 4 N–H and O–H groups in total. The van der Waals surface area contributed by atoms with E-state index in [1.165, 1.54) is 11.3 Å². The molecule has 6 nitrogen and oxygen atoms in total. The van der Waals surface area contributed by atoms with Crippen LogP contribution in [0.3, 0.4) is 0 Å². The zero-order valence-corrected chi connectivity index (χ0v) is 17.7. The highest BCUT2D eigenvalue weighted by atomic mass is 32.2. The van der Waals surface area contributed by atoms with Gasteiger partial charge in [0.05, 0.1) is 22.2 Å². The maximum absolute atomic E-state index is 12.3. The fourth-order valence-electron chi connectivity index (χ4n) is 3.00. The third kappa shape index (κ3) is 4.60. The molecule has 3 rings (SSSR count). The molecule has 0 saturated heterocycles. The Labute approximate surface area is 174 Å². The molecule has 0 aliphatic heterocycles. The second kappa shape index (κ2) is 8.26. The van der Waals surface area contributed by atoms with Crippen molar-refractivity contribution < 1.29 is 18.3 Å². The Kier molecular flexibility index (Phi) is 5.95. The van der Waals surface area contributed by atoms with Gasteiger partial charge in [0.1, 0.15) is 0 Å². The number of nitrogen functional groups attached to an aromatic ring is 1. The molecule has 0 aliphatic rings. The van der Waals surface area contributed by atoms with Crippen molar-refractivity contribution in [2.75, 3.05) is 10.5 Å². The maximum Gasteiger partial charge on any atom is 0.307 e. The number of aliphatic carboxylic acids is 1. The minimum Gasteiger partial charge on any atom is -0.481 e. The van der Waals surface area contributed by atoms with E-state index in [-0.39, 0.29) is 6.42 Å². The van der Waals surface area contributed by atoms with Crippen LogP contribution >= 0.6 is 11.3 Å². The number of rotatable bonds is 7. The molecule has 0 bridgehead atoms. The fourth-order valence-corrected chi connectivity index (χ4v) is 4.62. The number of benzene rings is 2. The van der Waals surface area contributed by atoms with Gasteiger partial charge in [-0.3, -0.25) is 9.52 Å². The van der Waals surface area contributed by atoms with E-state index in [0.717, 1.165) is 5.56 Å². The Hall–Kier alpha value is -2.84. The highest BCUT2D eigenvalue weighted by molar-refractivity contribution is 7.93. The number of sulfonamides is 1. The van der Waals surface area contributed by atoms with Gasteiger partial charge in [0.2, 0.25) is 10.0 Å². The molecule has 29 heavy (non-hydrogen) atoms. The average Bonchev–Trinajstić information content (AvgIpc) is 3.09. The van der Waals surface area contributed by atoms with Gasteiger partial charge in [-0.2, -0.15) is 0 Å². The minimum absolute atomic E-state index is 0.194. The smallest absolute Gasteiger partial charge is 0.307 e. The van der Waals surface area contributed by atoms with Gasteiger partial charge in [-0.1, -0.05) is 30.3 Å². The summed E-state index contributed by atoms with van der Waals surface area (Å²) in [4.78, 5) is 12.1. The second-order valence-corrected chi connectivity index (χ2v) is 10.0. The molecule has 3 aromatic rings. The van der Waals surface area contributed by atoms with Crippen LogP contribution in [0.1, 0.15) is 19.4 Å². The van der Waals surface area contributed by atoms with Crippen molar-refractivity contribution in [3.63, 3.8) is 0 Å². The van der Waals surface area contributed by atoms with Gasteiger partial charge in [0.25, 0.3) is 0 Å². The quantitative estimate of drug-likeness (QED) is 0.480. The Bertz CT molecular complexity index is 1140. The monoisotopic (exact) mass is 430 g/mol. The highest BCUT2D eigenvalue weighted by Gasteiger charge is 2.20. The van der Waals surface area contributed by atoms with Crippen molar-refractivity contribution in [2.45, 2.75) is 25.5 Å². The SMILES string of the molecule is CC(C)S(=O)(=O)Nc1ccsc1-c1cc(N)c(-c2ccccc2)c(CC(=O)O)c1. The zero-order valence-electron chi connectivity index (χ0n) is 16.0. The first kappa shape index (κ1) is 20.9. The van der Waals surface area contributed by atoms with E-state index >= 15 is 0 Å². The summed E-state index contributed by atoms with van der Waals surface area (Å²) >= 11 is 1.36. The molecular formula is C21H22N2O4S2. The van der Waals surface area contributed by atoms with Crippen molar-refractivity contribution >= 4 is 38.7 Å². The fraction of sp³-hybridized carbons (Fsp3) is 0.190. The number of nitrogens with one attached hydrogen (secondary N) is 1. The number of anilines is 2. The third-order valence-electron chi connectivity index (χ3n) is 4.45. The van der Waals surface area contributed by atoms with Crippen molar-refractivity contribution in [3.8, 4) is 21.6 Å². The van der Waals surface area contributed by atoms with Gasteiger partial charge >= 0.3 is 5.97 Å². The number of thiophene rings is 1. The molecule has 0 spiro atoms. The van der Waals surface area contributed by atoms with Crippen molar-refractivity contribution in [2.24, 2.45) is 0 Å². The van der Waals surface area contributed by atoms with E-state index in [9.17, 15) is 18.3 Å². The Balaban J connectivity index is 2.13. The molecule has 0 unspecified atom stereocenters. The summed E-state index contributed by atoms with van der Waals surface area (Å²) in [5.41, 5.74) is 9.99. The summed E-state index contributed by atoms with van der Waals surface area (Å²) in [6.45, 7) is 3.21. The maximum atomic E-state index is 12.3. The van der Waals surface area contributed by atoms with E-state index < -0.39 is 21.2 Å². The van der Waals surface area contributed by atoms with Crippen LogP contribution in [0.5, 0.6) is 0 Å². The summed E-state index contributed by atoms with van der Waals surface area (Å²) in [6.07, 6.45) is -0.194. The highest BCUT2D eigenvalue weighted by Crippen LogP contribution is 2.40. The molecule has 2 aromatic carbocycles. The first-order valence-corrected chi connectivity index (χ1v) is 11.4. The topological polar surface area (TPSA) is 109 Å². The number of hydrogen-bond donors (Lipinski definition) is 3. The molecule has 152 valence electrons. The summed E-state index contributed by atoms with van der Waals surface area (Å²) < 4.78 is 27.2. The van der Waals surface area contributed by atoms with E-state index in [4.69, 9.17) is 5.73 Å². The Morgan fingerprint density at radius 1 is 1.14 bits per heavy atom. The van der Waals surface area contributed by atoms with Crippen LogP contribution in [-0.2, 0) is 21.2 Å². The normalized spacial score (nSPS) is 11.6. The number of carbonyl (C=O) groups is 1. The molecular weight excluding hydrogens is 408 g/mol. The van der Waals surface area contributed by atoms with Crippen LogP contribution in [0.25, 0.3) is 21.6 Å². The molecule has 1 aromatic heterocycles. The van der Waals surface area contributed by atoms with E-state index in [1.807, 2.05) is 30.3 Å². The molecule has 0 fully saturated rings. The first-order chi connectivity index (χ1) is 13.7. The van der Waals surface area contributed by atoms with Gasteiger partial charge in [-0.25, -0.2) is 8.42 Å². The molecule has 0 saturated carbocycles. The third-order valence-corrected chi connectivity index (χ3v) is 7.16. The molecule has 0 aliphatic carbocycles. The van der Waals surface area contributed by atoms with E-state index in [2.05, 4.69) is 4.72 Å². The van der Waals surface area contributed by atoms with Crippen molar-refractivity contribution in [1.29, 1.82) is 0 Å². The molecule has 0 atom stereocenters. The largest absolute Gasteiger partial charge is 0.481 e.